The zero-order valence-corrected chi connectivity index (χ0v) is 18.1. The number of terminal acetylenes is 1. The summed E-state index contributed by atoms with van der Waals surface area (Å²) < 4.78 is 16.2. The van der Waals surface area contributed by atoms with E-state index in [2.05, 4.69) is 27.9 Å². The van der Waals surface area contributed by atoms with E-state index in [-0.39, 0.29) is 12.5 Å². The van der Waals surface area contributed by atoms with Gasteiger partial charge in [0.25, 0.3) is 0 Å². The highest BCUT2D eigenvalue weighted by Crippen LogP contribution is 2.20. The van der Waals surface area contributed by atoms with E-state index in [1.807, 2.05) is 63.3 Å². The zero-order chi connectivity index (χ0) is 22.4. The van der Waals surface area contributed by atoms with Gasteiger partial charge in [-0.15, -0.1) is 12.8 Å². The molecule has 2 rings (SSSR count). The summed E-state index contributed by atoms with van der Waals surface area (Å²) in [6.45, 7) is 7.15. The van der Waals surface area contributed by atoms with Crippen LogP contribution in [0.25, 0.3) is 5.57 Å². The van der Waals surface area contributed by atoms with E-state index in [0.717, 1.165) is 28.3 Å². The molecule has 30 heavy (non-hydrogen) atoms. The Bertz CT molecular complexity index is 861. The number of benzene rings is 1. The molecule has 6 nitrogen and oxygen atoms in total. The number of methoxy groups -OCH3 is 1. The first-order valence-corrected chi connectivity index (χ1v) is 9.65. The van der Waals surface area contributed by atoms with Crippen molar-refractivity contribution in [2.75, 3.05) is 20.3 Å². The molecule has 1 N–H and O–H groups in total. The Labute approximate surface area is 179 Å². The van der Waals surface area contributed by atoms with Gasteiger partial charge in [0, 0.05) is 18.5 Å². The largest absolute Gasteiger partial charge is 0.493 e. The molecular weight excluding hydrogens is 380 g/mol. The van der Waals surface area contributed by atoms with Gasteiger partial charge in [0.1, 0.15) is 11.5 Å². The molecule has 160 valence electrons. The third kappa shape index (κ3) is 7.98. The average molecular weight is 411 g/mol. The number of nitrogens with zero attached hydrogens (tertiary/aromatic N) is 1. The van der Waals surface area contributed by atoms with Crippen molar-refractivity contribution < 1.29 is 18.7 Å². The van der Waals surface area contributed by atoms with Gasteiger partial charge in [0.05, 0.1) is 26.0 Å². The molecule has 0 radical (unpaired) electrons. The average Bonchev–Trinajstić information content (AvgIpc) is 3.14. The molecule has 0 unspecified atom stereocenters. The van der Waals surface area contributed by atoms with Crippen LogP contribution in [0, 0.1) is 19.8 Å². The molecule has 1 heterocycles. The molecular formula is C24H30N2O4. The van der Waals surface area contributed by atoms with Crippen LogP contribution in [0.2, 0.25) is 0 Å². The molecule has 0 fully saturated rings. The van der Waals surface area contributed by atoms with Crippen molar-refractivity contribution in [1.82, 2.24) is 10.3 Å². The standard InChI is InChI=1S/C22H28N2O4.C2H2/c1-5-7-18(6-2)22-24-20(16(3)28-22)12-13-27-19-10-8-17(9-11-19)14-23-15-21(25)26-4;1-2/h5-11,23H,12-15H2,1-4H3;1-2H/b7-5-,18-6+;. The number of carbonyl (C=O) groups excluding carboxylic acids is 1. The molecule has 0 aliphatic rings. The van der Waals surface area contributed by atoms with E-state index >= 15 is 0 Å². The molecule has 0 bridgehead atoms. The van der Waals surface area contributed by atoms with Crippen LogP contribution in [0.15, 0.2) is 46.9 Å². The summed E-state index contributed by atoms with van der Waals surface area (Å²) in [7, 11) is 1.37. The van der Waals surface area contributed by atoms with E-state index < -0.39 is 0 Å². The van der Waals surface area contributed by atoms with Gasteiger partial charge in [-0.3, -0.25) is 4.79 Å². The molecule has 1 aromatic heterocycles. The van der Waals surface area contributed by atoms with E-state index in [9.17, 15) is 4.79 Å². The lowest BCUT2D eigenvalue weighted by Crippen LogP contribution is -2.23. The lowest BCUT2D eigenvalue weighted by atomic mass is 10.2. The number of hydrogen-bond donors (Lipinski definition) is 1. The number of nitrogens with one attached hydrogen (secondary N) is 1. The number of carbonyl (C=O) groups is 1. The van der Waals surface area contributed by atoms with Gasteiger partial charge in [-0.25, -0.2) is 4.98 Å². The number of aromatic nitrogens is 1. The van der Waals surface area contributed by atoms with Crippen LogP contribution in [-0.2, 0) is 22.5 Å². The van der Waals surface area contributed by atoms with Gasteiger partial charge in [-0.2, -0.15) is 0 Å². The summed E-state index contributed by atoms with van der Waals surface area (Å²) in [5.41, 5.74) is 2.94. The molecule has 0 saturated heterocycles. The topological polar surface area (TPSA) is 73.6 Å². The first-order chi connectivity index (χ1) is 14.6. The highest BCUT2D eigenvalue weighted by atomic mass is 16.5. The minimum atomic E-state index is -0.279. The maximum atomic E-state index is 11.1. The summed E-state index contributed by atoms with van der Waals surface area (Å²) in [5.74, 6) is 1.96. The van der Waals surface area contributed by atoms with Gasteiger partial charge in [0.15, 0.2) is 0 Å². The van der Waals surface area contributed by atoms with Crippen molar-refractivity contribution >= 4 is 11.5 Å². The Morgan fingerprint density at radius 2 is 1.93 bits per heavy atom. The lowest BCUT2D eigenvalue weighted by Gasteiger charge is -2.07. The fraction of sp³-hybridized carbons (Fsp3) is 0.333. The Kier molecular flexibility index (Phi) is 11.4. The number of ether oxygens (including phenoxy) is 2. The Morgan fingerprint density at radius 3 is 2.53 bits per heavy atom. The van der Waals surface area contributed by atoms with Crippen molar-refractivity contribution in [3.63, 3.8) is 0 Å². The molecule has 0 amide bonds. The predicted octanol–water partition coefficient (Wildman–Crippen LogP) is 4.10. The number of rotatable bonds is 10. The maximum absolute atomic E-state index is 11.1. The normalized spacial score (nSPS) is 11.1. The first-order valence-electron chi connectivity index (χ1n) is 9.65. The van der Waals surface area contributed by atoms with Crippen molar-refractivity contribution in [1.29, 1.82) is 0 Å². The molecule has 6 heteroatoms. The van der Waals surface area contributed by atoms with Gasteiger partial charge < -0.3 is 19.2 Å². The molecule has 0 saturated carbocycles. The summed E-state index contributed by atoms with van der Waals surface area (Å²) in [6.07, 6.45) is 14.6. The molecule has 1 aromatic carbocycles. The van der Waals surface area contributed by atoms with Crippen LogP contribution in [-0.4, -0.2) is 31.2 Å². The minimum absolute atomic E-state index is 0.191. The second-order valence-corrected chi connectivity index (χ2v) is 6.19. The molecule has 0 aliphatic carbocycles. The zero-order valence-electron chi connectivity index (χ0n) is 18.1. The smallest absolute Gasteiger partial charge is 0.319 e. The van der Waals surface area contributed by atoms with Crippen LogP contribution in [0.4, 0.5) is 0 Å². The summed E-state index contributed by atoms with van der Waals surface area (Å²) in [5, 5.41) is 3.02. The summed E-state index contributed by atoms with van der Waals surface area (Å²) >= 11 is 0. The molecule has 0 spiro atoms. The number of esters is 1. The fourth-order valence-corrected chi connectivity index (χ4v) is 2.60. The van der Waals surface area contributed by atoms with Crippen molar-refractivity contribution in [3.8, 4) is 18.6 Å². The third-order valence-electron chi connectivity index (χ3n) is 4.15. The Hall–Kier alpha value is -3.30. The number of oxazole rings is 1. The van der Waals surface area contributed by atoms with E-state index in [1.165, 1.54) is 7.11 Å². The fourth-order valence-electron chi connectivity index (χ4n) is 2.60. The van der Waals surface area contributed by atoms with Gasteiger partial charge in [-0.1, -0.05) is 30.4 Å². The van der Waals surface area contributed by atoms with Crippen LogP contribution < -0.4 is 10.1 Å². The van der Waals surface area contributed by atoms with Crippen LogP contribution >= 0.6 is 0 Å². The van der Waals surface area contributed by atoms with Gasteiger partial charge >= 0.3 is 5.97 Å². The van der Waals surface area contributed by atoms with E-state index in [0.29, 0.717) is 25.5 Å². The SMILES string of the molecule is C#C.C/C=C\C(=C/C)c1nc(CCOc2ccc(CNCC(=O)OC)cc2)c(C)o1. The number of allylic oxidation sites excluding steroid dienone is 4. The molecule has 0 atom stereocenters. The van der Waals surface area contributed by atoms with Crippen molar-refractivity contribution in [3.05, 3.63) is 65.4 Å². The van der Waals surface area contributed by atoms with Crippen LogP contribution in [0.5, 0.6) is 5.75 Å². The third-order valence-corrected chi connectivity index (χ3v) is 4.15. The second-order valence-electron chi connectivity index (χ2n) is 6.19. The second kappa shape index (κ2) is 13.8. The monoisotopic (exact) mass is 410 g/mol. The maximum Gasteiger partial charge on any atom is 0.319 e. The minimum Gasteiger partial charge on any atom is -0.493 e. The first kappa shape index (κ1) is 24.7. The lowest BCUT2D eigenvalue weighted by molar-refractivity contribution is -0.139. The van der Waals surface area contributed by atoms with E-state index in [4.69, 9.17) is 9.15 Å². The summed E-state index contributed by atoms with van der Waals surface area (Å²) in [4.78, 5) is 15.7. The van der Waals surface area contributed by atoms with Crippen molar-refractivity contribution in [2.45, 2.75) is 33.7 Å². The number of hydrogen-bond acceptors (Lipinski definition) is 6. The molecule has 2 aromatic rings. The number of aryl methyl sites for hydroxylation is 1. The predicted molar refractivity (Wildman–Crippen MR) is 119 cm³/mol. The Balaban J connectivity index is 0.00000218. The highest BCUT2D eigenvalue weighted by molar-refractivity contribution is 5.71. The van der Waals surface area contributed by atoms with Crippen LogP contribution in [0.1, 0.15) is 36.8 Å². The summed E-state index contributed by atoms with van der Waals surface area (Å²) in [6, 6.07) is 7.77. The van der Waals surface area contributed by atoms with Crippen molar-refractivity contribution in [2.24, 2.45) is 0 Å². The van der Waals surface area contributed by atoms with Gasteiger partial charge in [0.2, 0.25) is 5.89 Å². The van der Waals surface area contributed by atoms with Crippen LogP contribution in [0.3, 0.4) is 0 Å². The Morgan fingerprint density at radius 1 is 1.23 bits per heavy atom. The van der Waals surface area contributed by atoms with E-state index in [1.54, 1.807) is 0 Å². The van der Waals surface area contributed by atoms with Gasteiger partial charge in [-0.05, 0) is 38.5 Å². The quantitative estimate of drug-likeness (QED) is 0.361. The molecule has 0 aliphatic heterocycles. The highest BCUT2D eigenvalue weighted by Gasteiger charge is 2.11.